The lowest BCUT2D eigenvalue weighted by Crippen LogP contribution is -2.28. The molecule has 156 valence electrons. The van der Waals surface area contributed by atoms with Gasteiger partial charge in [0.15, 0.2) is 0 Å². The van der Waals surface area contributed by atoms with Crippen molar-refractivity contribution in [2.24, 2.45) is 0 Å². The van der Waals surface area contributed by atoms with Crippen LogP contribution >= 0.6 is 23.1 Å². The van der Waals surface area contributed by atoms with E-state index in [0.29, 0.717) is 12.1 Å². The van der Waals surface area contributed by atoms with Crippen molar-refractivity contribution in [3.8, 4) is 0 Å². The summed E-state index contributed by atoms with van der Waals surface area (Å²) in [6, 6.07) is 7.52. The predicted molar refractivity (Wildman–Crippen MR) is 121 cm³/mol. The first-order valence-electron chi connectivity index (χ1n) is 10.0. The molecule has 1 aromatic carbocycles. The van der Waals surface area contributed by atoms with Crippen LogP contribution in [0.15, 0.2) is 35.6 Å². The lowest BCUT2D eigenvalue weighted by molar-refractivity contribution is -0.118. The number of hydrogen-bond donors (Lipinski definition) is 1. The van der Waals surface area contributed by atoms with Crippen LogP contribution in [-0.2, 0) is 11.3 Å². The van der Waals surface area contributed by atoms with Gasteiger partial charge in [0.1, 0.15) is 16.2 Å². The van der Waals surface area contributed by atoms with Crippen LogP contribution in [0, 0.1) is 13.8 Å². The average molecular weight is 441 g/mol. The van der Waals surface area contributed by atoms with E-state index in [0.717, 1.165) is 46.7 Å². The third-order valence-corrected chi connectivity index (χ3v) is 7.43. The fraction of sp³-hybridized carbons (Fsp3) is 0.364. The average Bonchev–Trinajstić information content (AvgIpc) is 3.39. The number of nitrogens with one attached hydrogen (secondary N) is 1. The maximum absolute atomic E-state index is 12.6. The topological polar surface area (TPSA) is 75.2 Å². The van der Waals surface area contributed by atoms with Gasteiger partial charge in [-0.2, -0.15) is 0 Å². The number of likely N-dealkylation sites (tertiary alicyclic amines) is 1. The molecule has 0 unspecified atom stereocenters. The van der Waals surface area contributed by atoms with Crippen LogP contribution in [0.4, 0.5) is 0 Å². The zero-order valence-electron chi connectivity index (χ0n) is 17.1. The zero-order chi connectivity index (χ0) is 21.1. The molecule has 0 bridgehead atoms. The summed E-state index contributed by atoms with van der Waals surface area (Å²) in [6.07, 6.45) is 3.70. The van der Waals surface area contributed by atoms with Crippen LogP contribution in [0.1, 0.15) is 39.2 Å². The number of fused-ring (bicyclic) bond motifs is 1. The summed E-state index contributed by atoms with van der Waals surface area (Å²) in [5.41, 5.74) is 2.79. The molecule has 3 heterocycles. The summed E-state index contributed by atoms with van der Waals surface area (Å²) in [4.78, 5) is 37.7. The maximum Gasteiger partial charge on any atom is 0.253 e. The molecular formula is C22H24N4O2S2. The van der Waals surface area contributed by atoms with E-state index in [2.05, 4.69) is 29.1 Å². The molecule has 0 radical (unpaired) electrons. The van der Waals surface area contributed by atoms with Crippen molar-refractivity contribution in [1.82, 2.24) is 20.2 Å². The summed E-state index contributed by atoms with van der Waals surface area (Å²) in [7, 11) is 0. The second-order valence-electron chi connectivity index (χ2n) is 7.41. The number of hydrogen-bond acceptors (Lipinski definition) is 6. The lowest BCUT2D eigenvalue weighted by atomic mass is 10.1. The van der Waals surface area contributed by atoms with Crippen molar-refractivity contribution in [2.75, 3.05) is 18.8 Å². The lowest BCUT2D eigenvalue weighted by Gasteiger charge is -2.15. The Balaban J connectivity index is 1.34. The Labute approximate surface area is 184 Å². The Hall–Kier alpha value is -2.45. The number of aryl methyl sites for hydroxylation is 2. The predicted octanol–water partition coefficient (Wildman–Crippen LogP) is 3.95. The van der Waals surface area contributed by atoms with Gasteiger partial charge in [-0.25, -0.2) is 9.97 Å². The van der Waals surface area contributed by atoms with Crippen molar-refractivity contribution < 1.29 is 9.59 Å². The van der Waals surface area contributed by atoms with Gasteiger partial charge in [-0.3, -0.25) is 9.59 Å². The summed E-state index contributed by atoms with van der Waals surface area (Å²) >= 11 is 3.08. The minimum atomic E-state index is -0.0624. The van der Waals surface area contributed by atoms with Crippen LogP contribution in [0.2, 0.25) is 0 Å². The first kappa shape index (κ1) is 20.8. The van der Waals surface area contributed by atoms with E-state index < -0.39 is 0 Å². The van der Waals surface area contributed by atoms with Gasteiger partial charge in [-0.05, 0) is 49.9 Å². The molecule has 6 nitrogen and oxygen atoms in total. The SMILES string of the molecule is Cc1sc2ncnc(SCC(=O)NCc3cccc(C(=O)N4CCCC4)c3)c2c1C. The van der Waals surface area contributed by atoms with E-state index in [1.807, 2.05) is 29.2 Å². The molecule has 0 atom stereocenters. The first-order chi connectivity index (χ1) is 14.5. The van der Waals surface area contributed by atoms with Crippen LogP contribution in [-0.4, -0.2) is 45.5 Å². The molecular weight excluding hydrogens is 416 g/mol. The number of aromatic nitrogens is 2. The van der Waals surface area contributed by atoms with Crippen LogP contribution in [0.5, 0.6) is 0 Å². The smallest absolute Gasteiger partial charge is 0.253 e. The monoisotopic (exact) mass is 440 g/mol. The summed E-state index contributed by atoms with van der Waals surface area (Å²) < 4.78 is 0. The number of thioether (sulfide) groups is 1. The Morgan fingerprint density at radius 3 is 2.80 bits per heavy atom. The molecule has 8 heteroatoms. The highest BCUT2D eigenvalue weighted by atomic mass is 32.2. The van der Waals surface area contributed by atoms with E-state index in [9.17, 15) is 9.59 Å². The highest BCUT2D eigenvalue weighted by Crippen LogP contribution is 2.34. The molecule has 3 aromatic rings. The van der Waals surface area contributed by atoms with Gasteiger partial charge in [-0.1, -0.05) is 23.9 Å². The molecule has 4 rings (SSSR count). The Kier molecular flexibility index (Phi) is 6.34. The highest BCUT2D eigenvalue weighted by molar-refractivity contribution is 8.00. The van der Waals surface area contributed by atoms with Gasteiger partial charge in [0, 0.05) is 35.5 Å². The molecule has 1 saturated heterocycles. The molecule has 1 fully saturated rings. The summed E-state index contributed by atoms with van der Waals surface area (Å²) in [6.45, 7) is 6.20. The number of nitrogens with zero attached hydrogens (tertiary/aromatic N) is 3. The highest BCUT2D eigenvalue weighted by Gasteiger charge is 2.19. The summed E-state index contributed by atoms with van der Waals surface area (Å²) in [5.74, 6) is 0.297. The Bertz CT molecular complexity index is 1090. The molecule has 1 aliphatic rings. The standard InChI is InChI=1S/C22H24N4O2S2/c1-14-15(2)30-21-19(14)20(24-13-25-21)29-12-18(27)23-11-16-6-5-7-17(10-16)22(28)26-8-3-4-9-26/h5-7,10,13H,3-4,8-9,11-12H2,1-2H3,(H,23,27). The maximum atomic E-state index is 12.6. The molecule has 1 aliphatic heterocycles. The van der Waals surface area contributed by atoms with E-state index in [-0.39, 0.29) is 17.6 Å². The van der Waals surface area contributed by atoms with Gasteiger partial charge in [-0.15, -0.1) is 11.3 Å². The van der Waals surface area contributed by atoms with Crippen molar-refractivity contribution in [1.29, 1.82) is 0 Å². The quantitative estimate of drug-likeness (QED) is 0.464. The third-order valence-electron chi connectivity index (χ3n) is 5.33. The fourth-order valence-electron chi connectivity index (χ4n) is 3.56. The van der Waals surface area contributed by atoms with Gasteiger partial charge < -0.3 is 10.2 Å². The van der Waals surface area contributed by atoms with Gasteiger partial charge >= 0.3 is 0 Å². The number of amides is 2. The Morgan fingerprint density at radius 1 is 1.20 bits per heavy atom. The van der Waals surface area contributed by atoms with Crippen molar-refractivity contribution in [3.63, 3.8) is 0 Å². The summed E-state index contributed by atoms with van der Waals surface area (Å²) in [5, 5.41) is 4.84. The van der Waals surface area contributed by atoms with Crippen LogP contribution in [0.3, 0.4) is 0 Å². The van der Waals surface area contributed by atoms with E-state index >= 15 is 0 Å². The molecule has 2 amide bonds. The number of benzene rings is 1. The molecule has 0 saturated carbocycles. The van der Waals surface area contributed by atoms with E-state index in [4.69, 9.17) is 0 Å². The van der Waals surface area contributed by atoms with Crippen molar-refractivity contribution >= 4 is 45.1 Å². The largest absolute Gasteiger partial charge is 0.351 e. The third kappa shape index (κ3) is 4.49. The minimum absolute atomic E-state index is 0.0624. The van der Waals surface area contributed by atoms with Gasteiger partial charge in [0.05, 0.1) is 5.75 Å². The molecule has 0 aliphatic carbocycles. The fourth-order valence-corrected chi connectivity index (χ4v) is 5.51. The number of thiophene rings is 1. The second kappa shape index (κ2) is 9.14. The number of carbonyl (C=O) groups excluding carboxylic acids is 2. The van der Waals surface area contributed by atoms with Gasteiger partial charge in [0.25, 0.3) is 5.91 Å². The Morgan fingerprint density at radius 2 is 2.00 bits per heavy atom. The van der Waals surface area contributed by atoms with E-state index in [1.165, 1.54) is 22.2 Å². The minimum Gasteiger partial charge on any atom is -0.351 e. The molecule has 2 aromatic heterocycles. The van der Waals surface area contributed by atoms with Gasteiger partial charge in [0.2, 0.25) is 5.91 Å². The van der Waals surface area contributed by atoms with Crippen LogP contribution in [0.25, 0.3) is 10.2 Å². The second-order valence-corrected chi connectivity index (χ2v) is 9.57. The molecule has 0 spiro atoms. The van der Waals surface area contributed by atoms with Crippen molar-refractivity contribution in [3.05, 3.63) is 52.2 Å². The first-order valence-corrected chi connectivity index (χ1v) is 11.8. The number of carbonyl (C=O) groups is 2. The molecule has 30 heavy (non-hydrogen) atoms. The molecule has 1 N–H and O–H groups in total. The van der Waals surface area contributed by atoms with Crippen LogP contribution < -0.4 is 5.32 Å². The zero-order valence-corrected chi connectivity index (χ0v) is 18.7. The van der Waals surface area contributed by atoms with E-state index in [1.54, 1.807) is 17.7 Å². The normalized spacial score (nSPS) is 13.7. The van der Waals surface area contributed by atoms with Crippen molar-refractivity contribution in [2.45, 2.75) is 38.3 Å². The number of rotatable bonds is 6.